The summed E-state index contributed by atoms with van der Waals surface area (Å²) in [6, 6.07) is 26.4. The molecule has 0 saturated carbocycles. The smallest absolute Gasteiger partial charge is 0.307 e. The molecule has 32 heavy (non-hydrogen) atoms. The molecule has 3 rings (SSSR count). The van der Waals surface area contributed by atoms with Crippen molar-refractivity contribution in [2.24, 2.45) is 0 Å². The van der Waals surface area contributed by atoms with Crippen LogP contribution in [0.4, 0.5) is 0 Å². The number of benzene rings is 3. The molecule has 0 bridgehead atoms. The fraction of sp³-hybridized carbons (Fsp3) is 0.296. The van der Waals surface area contributed by atoms with Crippen LogP contribution in [0.25, 0.3) is 0 Å². The van der Waals surface area contributed by atoms with Gasteiger partial charge < -0.3 is 14.2 Å². The molecular weight excluding hydrogens is 402 g/mol. The quantitative estimate of drug-likeness (QED) is 0.403. The normalized spacial score (nSPS) is 11.8. The largest absolute Gasteiger partial charge is 0.497 e. The average molecular weight is 434 g/mol. The summed E-state index contributed by atoms with van der Waals surface area (Å²) in [5.41, 5.74) is 3.50. The van der Waals surface area contributed by atoms with Crippen LogP contribution >= 0.6 is 0 Å². The van der Waals surface area contributed by atoms with Gasteiger partial charge in [0.1, 0.15) is 11.5 Å². The minimum atomic E-state index is -0.208. The van der Waals surface area contributed by atoms with Gasteiger partial charge >= 0.3 is 5.97 Å². The lowest BCUT2D eigenvalue weighted by atomic mass is 10.00. The predicted octanol–water partition coefficient (Wildman–Crippen LogP) is 4.88. The fourth-order valence-electron chi connectivity index (χ4n) is 3.74. The van der Waals surface area contributed by atoms with Gasteiger partial charge in [-0.1, -0.05) is 54.6 Å². The Kier molecular flexibility index (Phi) is 8.70. The van der Waals surface area contributed by atoms with E-state index in [1.54, 1.807) is 14.2 Å². The van der Waals surface area contributed by atoms with Crippen LogP contribution in [0, 0.1) is 0 Å². The van der Waals surface area contributed by atoms with Crippen molar-refractivity contribution in [1.82, 2.24) is 4.90 Å². The van der Waals surface area contributed by atoms with Crippen molar-refractivity contribution in [3.8, 4) is 11.5 Å². The van der Waals surface area contributed by atoms with E-state index in [9.17, 15) is 4.79 Å². The Balaban J connectivity index is 1.89. The van der Waals surface area contributed by atoms with Crippen LogP contribution in [-0.4, -0.2) is 38.2 Å². The van der Waals surface area contributed by atoms with Gasteiger partial charge in [0.15, 0.2) is 0 Å². The summed E-state index contributed by atoms with van der Waals surface area (Å²) >= 11 is 0. The van der Waals surface area contributed by atoms with E-state index in [-0.39, 0.29) is 12.0 Å². The summed E-state index contributed by atoms with van der Waals surface area (Å²) < 4.78 is 15.6. The average Bonchev–Trinajstić information content (AvgIpc) is 2.84. The standard InChI is InChI=1S/C27H31NO4/c1-30-25-13-9-22(10-14-25)19-28(20-23-11-15-26(31-2)16-12-23)24(18-27(29)32-3)17-21-7-5-4-6-8-21/h4-16,24H,17-20H2,1-3H3/t24-/m0/s1. The number of hydrogen-bond acceptors (Lipinski definition) is 5. The Bertz CT molecular complexity index is 906. The highest BCUT2D eigenvalue weighted by Gasteiger charge is 2.23. The minimum Gasteiger partial charge on any atom is -0.497 e. The minimum absolute atomic E-state index is 0.0194. The molecule has 0 amide bonds. The molecule has 0 aliphatic heterocycles. The summed E-state index contributed by atoms with van der Waals surface area (Å²) in [5, 5.41) is 0. The molecule has 0 unspecified atom stereocenters. The van der Waals surface area contributed by atoms with Crippen molar-refractivity contribution >= 4 is 5.97 Å². The van der Waals surface area contributed by atoms with E-state index in [1.165, 1.54) is 12.7 Å². The molecule has 5 nitrogen and oxygen atoms in total. The Hall–Kier alpha value is -3.31. The van der Waals surface area contributed by atoms with E-state index in [0.29, 0.717) is 19.5 Å². The second kappa shape index (κ2) is 11.9. The van der Waals surface area contributed by atoms with Gasteiger partial charge in [-0.2, -0.15) is 0 Å². The molecule has 3 aromatic carbocycles. The fourth-order valence-corrected chi connectivity index (χ4v) is 3.74. The molecule has 0 saturated heterocycles. The molecule has 5 heteroatoms. The first-order valence-electron chi connectivity index (χ1n) is 10.7. The molecule has 0 aliphatic rings. The zero-order chi connectivity index (χ0) is 22.8. The van der Waals surface area contributed by atoms with Crippen LogP contribution in [0.5, 0.6) is 11.5 Å². The van der Waals surface area contributed by atoms with E-state index < -0.39 is 0 Å². The number of nitrogens with zero attached hydrogens (tertiary/aromatic N) is 1. The highest BCUT2D eigenvalue weighted by atomic mass is 16.5. The summed E-state index contributed by atoms with van der Waals surface area (Å²) in [4.78, 5) is 14.6. The van der Waals surface area contributed by atoms with Crippen molar-refractivity contribution in [1.29, 1.82) is 0 Å². The zero-order valence-corrected chi connectivity index (χ0v) is 19.0. The van der Waals surface area contributed by atoms with Crippen molar-refractivity contribution < 1.29 is 19.0 Å². The Morgan fingerprint density at radius 2 is 1.22 bits per heavy atom. The van der Waals surface area contributed by atoms with Crippen molar-refractivity contribution in [3.05, 3.63) is 95.6 Å². The maximum atomic E-state index is 12.3. The van der Waals surface area contributed by atoms with E-state index >= 15 is 0 Å². The van der Waals surface area contributed by atoms with Crippen LogP contribution < -0.4 is 9.47 Å². The van der Waals surface area contributed by atoms with E-state index in [0.717, 1.165) is 29.0 Å². The molecule has 1 atom stereocenters. The van der Waals surface area contributed by atoms with Crippen LogP contribution in [0.2, 0.25) is 0 Å². The van der Waals surface area contributed by atoms with Crippen LogP contribution in [0.15, 0.2) is 78.9 Å². The lowest BCUT2D eigenvalue weighted by Gasteiger charge is -2.32. The summed E-state index contributed by atoms with van der Waals surface area (Å²) in [6.45, 7) is 1.40. The molecule has 3 aromatic rings. The third-order valence-corrected chi connectivity index (χ3v) is 5.55. The number of hydrogen-bond donors (Lipinski definition) is 0. The molecule has 0 N–H and O–H groups in total. The molecular formula is C27H31NO4. The van der Waals surface area contributed by atoms with Crippen molar-refractivity contribution in [2.75, 3.05) is 21.3 Å². The maximum absolute atomic E-state index is 12.3. The Labute approximate surface area is 190 Å². The predicted molar refractivity (Wildman–Crippen MR) is 126 cm³/mol. The van der Waals surface area contributed by atoms with Gasteiger partial charge in [-0.3, -0.25) is 9.69 Å². The first-order valence-corrected chi connectivity index (χ1v) is 10.7. The third-order valence-electron chi connectivity index (χ3n) is 5.55. The Morgan fingerprint density at radius 1 is 0.719 bits per heavy atom. The number of rotatable bonds is 11. The van der Waals surface area contributed by atoms with Gasteiger partial charge in [0.2, 0.25) is 0 Å². The van der Waals surface area contributed by atoms with Gasteiger partial charge in [0.05, 0.1) is 27.8 Å². The van der Waals surface area contributed by atoms with Gasteiger partial charge in [0, 0.05) is 19.1 Å². The van der Waals surface area contributed by atoms with Crippen LogP contribution in [0.3, 0.4) is 0 Å². The second-order valence-electron chi connectivity index (χ2n) is 7.72. The summed E-state index contributed by atoms with van der Waals surface area (Å²) in [6.07, 6.45) is 1.07. The number of methoxy groups -OCH3 is 3. The number of esters is 1. The van der Waals surface area contributed by atoms with E-state index in [2.05, 4.69) is 41.3 Å². The monoisotopic (exact) mass is 433 g/mol. The SMILES string of the molecule is COC(=O)C[C@H](Cc1ccccc1)N(Cc1ccc(OC)cc1)Cc1ccc(OC)cc1. The van der Waals surface area contributed by atoms with Crippen molar-refractivity contribution in [3.63, 3.8) is 0 Å². The van der Waals surface area contributed by atoms with Crippen molar-refractivity contribution in [2.45, 2.75) is 32.0 Å². The van der Waals surface area contributed by atoms with E-state index in [4.69, 9.17) is 14.2 Å². The zero-order valence-electron chi connectivity index (χ0n) is 19.0. The van der Waals surface area contributed by atoms with Crippen LogP contribution in [0.1, 0.15) is 23.1 Å². The Morgan fingerprint density at radius 3 is 1.66 bits per heavy atom. The summed E-state index contributed by atoms with van der Waals surface area (Å²) in [5.74, 6) is 1.44. The topological polar surface area (TPSA) is 48.0 Å². The van der Waals surface area contributed by atoms with E-state index in [1.807, 2.05) is 42.5 Å². The number of carbonyl (C=O) groups is 1. The molecule has 0 spiro atoms. The molecule has 0 fully saturated rings. The molecule has 0 aromatic heterocycles. The first kappa shape index (κ1) is 23.4. The van der Waals surface area contributed by atoms with Gasteiger partial charge in [-0.15, -0.1) is 0 Å². The highest BCUT2D eigenvalue weighted by Crippen LogP contribution is 2.22. The molecule has 0 aliphatic carbocycles. The lowest BCUT2D eigenvalue weighted by molar-refractivity contribution is -0.142. The second-order valence-corrected chi connectivity index (χ2v) is 7.72. The molecule has 0 radical (unpaired) electrons. The third kappa shape index (κ3) is 6.86. The van der Waals surface area contributed by atoms with Crippen LogP contribution in [-0.2, 0) is 29.0 Å². The maximum Gasteiger partial charge on any atom is 0.307 e. The molecule has 168 valence electrons. The van der Waals surface area contributed by atoms with Gasteiger partial charge in [-0.05, 0) is 47.4 Å². The molecule has 0 heterocycles. The first-order chi connectivity index (χ1) is 15.6. The summed E-state index contributed by atoms with van der Waals surface area (Å²) in [7, 11) is 4.77. The number of ether oxygens (including phenoxy) is 3. The lowest BCUT2D eigenvalue weighted by Crippen LogP contribution is -2.38. The van der Waals surface area contributed by atoms with Gasteiger partial charge in [0.25, 0.3) is 0 Å². The highest BCUT2D eigenvalue weighted by molar-refractivity contribution is 5.70. The number of carbonyl (C=O) groups excluding carboxylic acids is 1. The van der Waals surface area contributed by atoms with Gasteiger partial charge in [-0.25, -0.2) is 0 Å².